The number of ether oxygens (including phenoxy) is 2. The molecule has 0 radical (unpaired) electrons. The molecule has 4 fully saturated rings. The molecule has 0 bridgehead atoms. The molecule has 104 heavy (non-hydrogen) atoms. The normalized spacial score (nSPS) is 14.5. The van der Waals surface area contributed by atoms with E-state index in [-0.39, 0.29) is 28.0 Å². The molecule has 0 saturated carbocycles. The Morgan fingerprint density at radius 1 is 0.423 bits per heavy atom. The van der Waals surface area contributed by atoms with E-state index < -0.39 is 17.4 Å². The number of halogens is 2. The van der Waals surface area contributed by atoms with Gasteiger partial charge in [0.05, 0.1) is 76.4 Å². The lowest BCUT2D eigenvalue weighted by atomic mass is 10.1. The van der Waals surface area contributed by atoms with E-state index in [2.05, 4.69) is 72.9 Å². The first-order valence-electron chi connectivity index (χ1n) is 34.2. The van der Waals surface area contributed by atoms with E-state index in [9.17, 15) is 38.3 Å². The average Bonchev–Trinajstić information content (AvgIpc) is 0.801. The van der Waals surface area contributed by atoms with Crippen molar-refractivity contribution in [1.82, 2.24) is 58.8 Å². The van der Waals surface area contributed by atoms with Crippen LogP contribution in [-0.4, -0.2) is 161 Å². The number of nitriles is 2. The minimum atomic E-state index is -0.742. The number of methoxy groups -OCH3 is 1. The molecular formula is C77H74F2N18O7. The van der Waals surface area contributed by atoms with Gasteiger partial charge in [0.2, 0.25) is 0 Å². The number of aromatic hydroxyl groups is 1. The number of nitrogens with zero attached hydrogens (tertiary/aromatic N) is 14. The third-order valence-electron chi connectivity index (χ3n) is 18.2. The maximum absolute atomic E-state index is 14.1. The summed E-state index contributed by atoms with van der Waals surface area (Å²) in [6, 6.07) is 46.2. The minimum absolute atomic E-state index is 0.126. The van der Waals surface area contributed by atoms with Crippen LogP contribution in [0, 0.1) is 34.3 Å². The van der Waals surface area contributed by atoms with Gasteiger partial charge >= 0.3 is 0 Å². The quantitative estimate of drug-likeness (QED) is 0.0854. The van der Waals surface area contributed by atoms with Crippen LogP contribution < -0.4 is 72.6 Å². The Kier molecular flexibility index (Phi) is 21.6. The first-order chi connectivity index (χ1) is 50.7. The molecule has 25 nitrogen and oxygen atoms in total. The first kappa shape index (κ1) is 70.1. The Morgan fingerprint density at radius 2 is 0.769 bits per heavy atom. The van der Waals surface area contributed by atoms with Crippen molar-refractivity contribution in [2.24, 2.45) is 0 Å². The molecule has 0 aliphatic carbocycles. The lowest BCUT2D eigenvalue weighted by Crippen LogP contribution is -2.43. The van der Waals surface area contributed by atoms with E-state index in [0.29, 0.717) is 85.5 Å². The summed E-state index contributed by atoms with van der Waals surface area (Å²) in [5.74, 6) is -0.945. The number of nitrogens with one attached hydrogen (secondary N) is 4. The zero-order valence-electron chi connectivity index (χ0n) is 57.2. The van der Waals surface area contributed by atoms with Crippen LogP contribution in [0.15, 0.2) is 196 Å². The van der Waals surface area contributed by atoms with Gasteiger partial charge in [0.25, 0.3) is 22.2 Å². The van der Waals surface area contributed by atoms with Crippen LogP contribution in [0.5, 0.6) is 17.2 Å². The summed E-state index contributed by atoms with van der Waals surface area (Å²) in [6.45, 7) is 16.9. The van der Waals surface area contributed by atoms with E-state index in [1.165, 1.54) is 64.4 Å². The van der Waals surface area contributed by atoms with Crippen LogP contribution >= 0.6 is 0 Å². The third-order valence-corrected chi connectivity index (χ3v) is 18.2. The fraction of sp³-hybridized carbons (Fsp3) is 0.247. The van der Waals surface area contributed by atoms with Gasteiger partial charge in [0.15, 0.2) is 23.1 Å². The van der Waals surface area contributed by atoms with Crippen LogP contribution in [-0.2, 0) is 0 Å². The highest BCUT2D eigenvalue weighted by atomic mass is 19.1. The van der Waals surface area contributed by atoms with Crippen LogP contribution in [0.1, 0.15) is 18.1 Å². The zero-order chi connectivity index (χ0) is 72.2. The number of benzene rings is 4. The molecule has 4 saturated heterocycles. The van der Waals surface area contributed by atoms with Crippen molar-refractivity contribution < 1.29 is 23.4 Å². The smallest absolute Gasteiger partial charge is 0.258 e. The fourth-order valence-corrected chi connectivity index (χ4v) is 12.7. The topological polar surface area (TPSA) is 285 Å². The number of fused-ring (bicyclic) bond motifs is 4. The number of phenols is 1. The number of anilines is 4. The average molecular weight is 1400 g/mol. The Labute approximate surface area is 595 Å². The predicted octanol–water partition coefficient (Wildman–Crippen LogP) is 7.22. The molecule has 0 spiro atoms. The molecule has 0 unspecified atom stereocenters. The molecule has 5 N–H and O–H groups in total. The van der Waals surface area contributed by atoms with Crippen molar-refractivity contribution in [2.45, 2.75) is 6.92 Å². The summed E-state index contributed by atoms with van der Waals surface area (Å²) in [6.07, 6.45) is 7.30. The number of phenolic OH excluding ortho intramolecular Hbond substituents is 1. The monoisotopic (exact) mass is 1400 g/mol. The van der Waals surface area contributed by atoms with Gasteiger partial charge in [-0.3, -0.25) is 36.8 Å². The molecular weight excluding hydrogens is 1330 g/mol. The lowest BCUT2D eigenvalue weighted by molar-refractivity contribution is 0.321. The molecule has 8 aromatic heterocycles. The number of rotatable bonds is 11. The highest BCUT2D eigenvalue weighted by molar-refractivity contribution is 5.69. The second-order valence-corrected chi connectivity index (χ2v) is 24.8. The molecule has 528 valence electrons. The molecule has 0 amide bonds. The summed E-state index contributed by atoms with van der Waals surface area (Å²) < 4.78 is 44.3. The van der Waals surface area contributed by atoms with Crippen LogP contribution in [0.25, 0.3) is 67.6 Å². The fourth-order valence-electron chi connectivity index (χ4n) is 12.7. The Balaban J connectivity index is 0.000000123. The van der Waals surface area contributed by atoms with E-state index in [1.54, 1.807) is 76.5 Å². The first-order valence-corrected chi connectivity index (χ1v) is 34.2. The second kappa shape index (κ2) is 32.1. The van der Waals surface area contributed by atoms with Crippen molar-refractivity contribution in [3.63, 3.8) is 0 Å². The Bertz CT molecular complexity index is 5500. The number of aromatic nitrogens is 8. The van der Waals surface area contributed by atoms with Crippen molar-refractivity contribution in [3.8, 4) is 74.4 Å². The van der Waals surface area contributed by atoms with Crippen molar-refractivity contribution in [3.05, 3.63) is 241 Å². The molecule has 4 aromatic carbocycles. The number of hydrogen-bond acceptors (Lipinski definition) is 21. The van der Waals surface area contributed by atoms with Crippen molar-refractivity contribution in [1.29, 1.82) is 10.5 Å². The largest absolute Gasteiger partial charge is 0.505 e. The lowest BCUT2D eigenvalue weighted by Gasteiger charge is -2.29. The summed E-state index contributed by atoms with van der Waals surface area (Å²) in [5, 5.41) is 40.9. The highest BCUT2D eigenvalue weighted by Crippen LogP contribution is 2.29. The molecule has 12 aromatic rings. The van der Waals surface area contributed by atoms with Crippen LogP contribution in [0.3, 0.4) is 0 Å². The van der Waals surface area contributed by atoms with Gasteiger partial charge in [0.1, 0.15) is 34.4 Å². The number of pyridine rings is 4. The maximum atomic E-state index is 14.1. The zero-order valence-corrected chi connectivity index (χ0v) is 57.2. The summed E-state index contributed by atoms with van der Waals surface area (Å²) >= 11 is 0. The number of hydrogen-bond donors (Lipinski definition) is 5. The van der Waals surface area contributed by atoms with Crippen molar-refractivity contribution >= 4 is 45.3 Å². The van der Waals surface area contributed by atoms with Gasteiger partial charge < -0.3 is 55.4 Å². The summed E-state index contributed by atoms with van der Waals surface area (Å²) in [5.41, 5.74) is 10.9. The number of piperazine rings is 4. The van der Waals surface area contributed by atoms with E-state index in [4.69, 9.17) is 14.7 Å². The van der Waals surface area contributed by atoms with Gasteiger partial charge in [-0.05, 0) is 122 Å². The van der Waals surface area contributed by atoms with E-state index >= 15 is 0 Å². The Hall–Kier alpha value is -12.4. The molecule has 0 atom stereocenters. The minimum Gasteiger partial charge on any atom is -0.505 e. The molecule has 27 heteroatoms. The second-order valence-electron chi connectivity index (χ2n) is 24.8. The summed E-state index contributed by atoms with van der Waals surface area (Å²) in [4.78, 5) is 77.6. The molecule has 4 aliphatic heterocycles. The third kappa shape index (κ3) is 16.0. The molecule has 16 rings (SSSR count). The van der Waals surface area contributed by atoms with Gasteiger partial charge in [0, 0.05) is 176 Å². The van der Waals surface area contributed by atoms with E-state index in [1.807, 2.05) is 67.1 Å². The van der Waals surface area contributed by atoms with Crippen LogP contribution in [0.2, 0.25) is 0 Å². The maximum Gasteiger partial charge on any atom is 0.258 e. The van der Waals surface area contributed by atoms with Crippen LogP contribution in [0.4, 0.5) is 31.5 Å². The SMILES string of the molecule is CCOc1ccc(-c2cc(=O)n3cc(N4CCNCC4)ccc3n2)cc1F.COc1ccc(-c2cc(=O)n3cc(N4CCNCC4)ccc3n2)cc1C#N.N#Cc1cccc(-c2cc(=O)n3cc(N4CCNCC4)ccc3n2)c1.O=c1cc(-c2ccc(O)c(F)c2)nc2ccc(N3CCNCC3)cn12. The van der Waals surface area contributed by atoms with E-state index in [0.717, 1.165) is 133 Å². The standard InChI is InChI=1S/C20H21FN4O2.C20H19N5O2.C19H17N5O.C18H17FN4O2/c1-2-27-18-5-3-14(11-16(18)21)17-12-20(26)25-13-15(4-6-19(25)23-17)24-9-7-22-8-10-24;1-27-18-4-2-14(10-15(18)12-21)17-11-20(26)25-13-16(3-5-19(25)23-17)24-8-6-22-7-9-24;20-12-14-2-1-3-15(10-14)17-11-19(25)24-13-16(4-5-18(24)22-17)23-8-6-21-7-9-23;19-14-9-12(1-3-16(14)24)15-10-18(25)23-11-13(2-4-17(23)21-15)22-7-5-20-6-8-22/h3-6,11-13,22H,2,7-10H2,1H3;2-5,10-11,13,22H,6-9H2,1H3;1-5,10-11,13,21H,6-9H2;1-4,9-11,20,24H,5-8H2. The van der Waals surface area contributed by atoms with Crippen molar-refractivity contribution in [2.75, 3.05) is 138 Å². The van der Waals surface area contributed by atoms with Gasteiger partial charge in [-0.2, -0.15) is 10.5 Å². The predicted molar refractivity (Wildman–Crippen MR) is 397 cm³/mol. The molecule has 4 aliphatic rings. The van der Waals surface area contributed by atoms with Gasteiger partial charge in [-0.25, -0.2) is 28.7 Å². The molecule has 12 heterocycles. The van der Waals surface area contributed by atoms with Gasteiger partial charge in [-0.1, -0.05) is 12.1 Å². The summed E-state index contributed by atoms with van der Waals surface area (Å²) in [7, 11) is 1.52. The Morgan fingerprint density at radius 3 is 1.11 bits per heavy atom. The van der Waals surface area contributed by atoms with Gasteiger partial charge in [-0.15, -0.1) is 0 Å². The highest BCUT2D eigenvalue weighted by Gasteiger charge is 2.19.